The normalized spacial score (nSPS) is 9.29. The zero-order valence-corrected chi connectivity index (χ0v) is 13.4. The molecule has 0 aliphatic carbocycles. The van der Waals surface area contributed by atoms with Crippen molar-refractivity contribution in [1.29, 1.82) is 5.26 Å². The Labute approximate surface area is 135 Å². The number of halogens is 4. The van der Waals surface area contributed by atoms with Crippen molar-refractivity contribution in [2.45, 2.75) is 0 Å². The number of benzene rings is 2. The minimum absolute atomic E-state index is 0.114. The third-order valence-corrected chi connectivity index (χ3v) is 3.14. The standard InChI is InChI=1S/C7H2BrF2N.C6H4BrNO2/c8-4-1-6(9)5(3-11)7(10)2-4;7-5-1-3-6(4-2-5)8(9)10/h1-2H;1-4H. The maximum Gasteiger partial charge on any atom is 0.269 e. The number of nitrogens with zero attached hydrogens (tertiary/aromatic N) is 2. The Hall–Kier alpha value is -1.85. The van der Waals surface area contributed by atoms with Crippen molar-refractivity contribution < 1.29 is 13.7 Å². The van der Waals surface area contributed by atoms with Gasteiger partial charge in [-0.05, 0) is 24.3 Å². The van der Waals surface area contributed by atoms with Crippen LogP contribution in [0.2, 0.25) is 0 Å². The van der Waals surface area contributed by atoms with Gasteiger partial charge in [-0.25, -0.2) is 8.78 Å². The molecule has 0 saturated heterocycles. The number of hydrogen-bond acceptors (Lipinski definition) is 3. The smallest absolute Gasteiger partial charge is 0.258 e. The summed E-state index contributed by atoms with van der Waals surface area (Å²) in [6.45, 7) is 0. The van der Waals surface area contributed by atoms with E-state index in [1.54, 1.807) is 12.1 Å². The number of non-ortho nitro benzene ring substituents is 1. The monoisotopic (exact) mass is 418 g/mol. The van der Waals surface area contributed by atoms with Gasteiger partial charge in [-0.15, -0.1) is 0 Å². The molecular weight excluding hydrogens is 414 g/mol. The maximum atomic E-state index is 12.6. The molecule has 0 aliphatic heterocycles. The number of hydrogen-bond donors (Lipinski definition) is 0. The van der Waals surface area contributed by atoms with Crippen LogP contribution in [-0.4, -0.2) is 4.92 Å². The molecule has 0 bridgehead atoms. The predicted octanol–water partition coefficient (Wildman–Crippen LogP) is 4.96. The average Bonchev–Trinajstić information content (AvgIpc) is 2.39. The summed E-state index contributed by atoms with van der Waals surface area (Å²) in [7, 11) is 0. The van der Waals surface area contributed by atoms with E-state index >= 15 is 0 Å². The van der Waals surface area contributed by atoms with Gasteiger partial charge in [-0.3, -0.25) is 10.1 Å². The molecular formula is C13H6Br2F2N2O2. The fraction of sp³-hybridized carbons (Fsp3) is 0. The van der Waals surface area contributed by atoms with Gasteiger partial charge in [-0.2, -0.15) is 5.26 Å². The molecule has 0 atom stereocenters. The highest BCUT2D eigenvalue weighted by Gasteiger charge is 2.08. The largest absolute Gasteiger partial charge is 0.269 e. The van der Waals surface area contributed by atoms with E-state index in [0.29, 0.717) is 0 Å². The second kappa shape index (κ2) is 7.81. The van der Waals surface area contributed by atoms with Gasteiger partial charge < -0.3 is 0 Å². The topological polar surface area (TPSA) is 66.9 Å². The first-order valence-electron chi connectivity index (χ1n) is 5.29. The Bertz CT molecular complexity index is 677. The van der Waals surface area contributed by atoms with Crippen LogP contribution in [-0.2, 0) is 0 Å². The minimum atomic E-state index is -0.848. The summed E-state index contributed by atoms with van der Waals surface area (Å²) < 4.78 is 26.4. The highest BCUT2D eigenvalue weighted by atomic mass is 79.9. The van der Waals surface area contributed by atoms with Gasteiger partial charge in [0.2, 0.25) is 0 Å². The first-order valence-corrected chi connectivity index (χ1v) is 6.88. The van der Waals surface area contributed by atoms with Crippen LogP contribution in [0, 0.1) is 33.1 Å². The van der Waals surface area contributed by atoms with E-state index in [1.807, 2.05) is 0 Å². The molecule has 0 N–H and O–H groups in total. The summed E-state index contributed by atoms with van der Waals surface area (Å²) in [5.74, 6) is -1.70. The number of nitro groups is 1. The second-order valence-electron chi connectivity index (χ2n) is 3.59. The van der Waals surface area contributed by atoms with Gasteiger partial charge in [0.1, 0.15) is 23.3 Å². The fourth-order valence-corrected chi connectivity index (χ4v) is 1.88. The lowest BCUT2D eigenvalue weighted by atomic mass is 10.2. The lowest BCUT2D eigenvalue weighted by Gasteiger charge is -1.95. The van der Waals surface area contributed by atoms with E-state index in [2.05, 4.69) is 31.9 Å². The zero-order valence-electron chi connectivity index (χ0n) is 10.2. The van der Waals surface area contributed by atoms with Gasteiger partial charge in [0, 0.05) is 21.1 Å². The number of rotatable bonds is 1. The molecule has 4 nitrogen and oxygen atoms in total. The van der Waals surface area contributed by atoms with Crippen molar-refractivity contribution in [3.05, 3.63) is 72.7 Å². The summed E-state index contributed by atoms with van der Waals surface area (Å²) in [5, 5.41) is 18.3. The van der Waals surface area contributed by atoms with Crippen LogP contribution in [0.5, 0.6) is 0 Å². The SMILES string of the molecule is N#Cc1c(F)cc(Br)cc1F.O=[N+]([O-])c1ccc(Br)cc1. The van der Waals surface area contributed by atoms with Gasteiger partial charge in [0.25, 0.3) is 5.69 Å². The Morgan fingerprint density at radius 1 is 1.05 bits per heavy atom. The highest BCUT2D eigenvalue weighted by molar-refractivity contribution is 9.10. The van der Waals surface area contributed by atoms with E-state index in [4.69, 9.17) is 5.26 Å². The van der Waals surface area contributed by atoms with Crippen LogP contribution in [0.3, 0.4) is 0 Å². The summed E-state index contributed by atoms with van der Waals surface area (Å²) in [6, 6.07) is 9.68. The first kappa shape index (κ1) is 17.2. The molecule has 0 saturated carbocycles. The Morgan fingerprint density at radius 3 is 1.90 bits per heavy atom. The maximum absolute atomic E-state index is 12.6. The number of nitro benzene ring substituents is 1. The van der Waals surface area contributed by atoms with Crippen LogP contribution >= 0.6 is 31.9 Å². The van der Waals surface area contributed by atoms with Crippen molar-refractivity contribution in [3.63, 3.8) is 0 Å². The molecule has 0 aliphatic rings. The molecule has 2 rings (SSSR count). The molecule has 8 heteroatoms. The van der Waals surface area contributed by atoms with E-state index in [9.17, 15) is 18.9 Å². The van der Waals surface area contributed by atoms with Gasteiger partial charge in [0.15, 0.2) is 0 Å². The molecule has 0 radical (unpaired) electrons. The van der Waals surface area contributed by atoms with E-state index in [1.165, 1.54) is 18.2 Å². The zero-order chi connectivity index (χ0) is 16.0. The van der Waals surface area contributed by atoms with Crippen LogP contribution < -0.4 is 0 Å². The van der Waals surface area contributed by atoms with Crippen LogP contribution in [0.1, 0.15) is 5.56 Å². The van der Waals surface area contributed by atoms with Crippen molar-refractivity contribution in [2.75, 3.05) is 0 Å². The highest BCUT2D eigenvalue weighted by Crippen LogP contribution is 2.18. The van der Waals surface area contributed by atoms with Crippen LogP contribution in [0.25, 0.3) is 0 Å². The summed E-state index contributed by atoms with van der Waals surface area (Å²) in [6.07, 6.45) is 0. The average molecular weight is 420 g/mol. The fourth-order valence-electron chi connectivity index (χ4n) is 1.21. The molecule has 0 amide bonds. The molecule has 0 spiro atoms. The summed E-state index contributed by atoms with van der Waals surface area (Å²) in [4.78, 5) is 9.68. The van der Waals surface area contributed by atoms with E-state index in [0.717, 1.165) is 16.6 Å². The van der Waals surface area contributed by atoms with E-state index in [-0.39, 0.29) is 10.2 Å². The van der Waals surface area contributed by atoms with E-state index < -0.39 is 22.1 Å². The van der Waals surface area contributed by atoms with Crippen LogP contribution in [0.4, 0.5) is 14.5 Å². The predicted molar refractivity (Wildman–Crippen MR) is 79.6 cm³/mol. The third kappa shape index (κ3) is 5.21. The Kier molecular flexibility index (Phi) is 6.39. The molecule has 21 heavy (non-hydrogen) atoms. The van der Waals surface area contributed by atoms with Gasteiger partial charge >= 0.3 is 0 Å². The molecule has 0 heterocycles. The van der Waals surface area contributed by atoms with Gasteiger partial charge in [-0.1, -0.05) is 31.9 Å². The Balaban J connectivity index is 0.000000211. The van der Waals surface area contributed by atoms with Gasteiger partial charge in [0.05, 0.1) is 4.92 Å². The summed E-state index contributed by atoms with van der Waals surface area (Å²) >= 11 is 6.06. The second-order valence-corrected chi connectivity index (χ2v) is 5.42. The first-order chi connectivity index (χ1) is 9.85. The molecule has 0 aromatic heterocycles. The van der Waals surface area contributed by atoms with Crippen molar-refractivity contribution in [1.82, 2.24) is 0 Å². The molecule has 2 aromatic rings. The van der Waals surface area contributed by atoms with Crippen LogP contribution in [0.15, 0.2) is 45.3 Å². The minimum Gasteiger partial charge on any atom is -0.258 e. The van der Waals surface area contributed by atoms with Crippen molar-refractivity contribution >= 4 is 37.5 Å². The molecule has 108 valence electrons. The third-order valence-electron chi connectivity index (χ3n) is 2.16. The van der Waals surface area contributed by atoms with Crippen molar-refractivity contribution in [2.24, 2.45) is 0 Å². The van der Waals surface area contributed by atoms with Crippen molar-refractivity contribution in [3.8, 4) is 6.07 Å². The lowest BCUT2D eigenvalue weighted by Crippen LogP contribution is -1.88. The molecule has 0 fully saturated rings. The lowest BCUT2D eigenvalue weighted by molar-refractivity contribution is -0.384. The summed E-state index contributed by atoms with van der Waals surface area (Å²) in [5.41, 5.74) is -0.434. The molecule has 0 unspecified atom stereocenters. The number of nitriles is 1. The Morgan fingerprint density at radius 2 is 1.52 bits per heavy atom. The molecule has 2 aromatic carbocycles. The quantitative estimate of drug-likeness (QED) is 0.484.